The summed E-state index contributed by atoms with van der Waals surface area (Å²) < 4.78 is 0. The molecule has 0 aliphatic carbocycles. The van der Waals surface area contributed by atoms with E-state index in [9.17, 15) is 14.9 Å². The third kappa shape index (κ3) is 3.65. The minimum Gasteiger partial charge on any atom is -0.267 e. The van der Waals surface area contributed by atoms with Crippen LogP contribution in [-0.2, 0) is 0 Å². The second-order valence-electron chi connectivity index (χ2n) is 6.96. The fraction of sp³-hybridized carbons (Fsp3) is 0.130. The number of hydrogen-bond acceptors (Lipinski definition) is 4. The zero-order chi connectivity index (χ0) is 20.4. The Bertz CT molecular complexity index is 1090. The van der Waals surface area contributed by atoms with Gasteiger partial charge in [0.1, 0.15) is 0 Å². The number of rotatable bonds is 4. The number of para-hydroxylation sites is 1. The van der Waals surface area contributed by atoms with Gasteiger partial charge < -0.3 is 0 Å². The molecule has 1 aliphatic rings. The van der Waals surface area contributed by atoms with Crippen LogP contribution in [0.1, 0.15) is 39.5 Å². The van der Waals surface area contributed by atoms with Gasteiger partial charge in [-0.25, -0.2) is 5.01 Å². The Morgan fingerprint density at radius 3 is 2.34 bits per heavy atom. The average Bonchev–Trinajstić information content (AvgIpc) is 3.20. The van der Waals surface area contributed by atoms with Gasteiger partial charge in [-0.2, -0.15) is 5.10 Å². The molecule has 0 saturated heterocycles. The minimum atomic E-state index is -0.541. The maximum absolute atomic E-state index is 13.2. The van der Waals surface area contributed by atoms with E-state index in [0.29, 0.717) is 17.5 Å². The summed E-state index contributed by atoms with van der Waals surface area (Å²) in [6.45, 7) is 1.95. The molecule has 6 nitrogen and oxygen atoms in total. The molecule has 29 heavy (non-hydrogen) atoms. The van der Waals surface area contributed by atoms with E-state index < -0.39 is 11.0 Å². The van der Waals surface area contributed by atoms with Gasteiger partial charge >= 0.3 is 0 Å². The lowest BCUT2D eigenvalue weighted by atomic mass is 9.97. The molecular formula is C23H19N3O3. The van der Waals surface area contributed by atoms with Crippen molar-refractivity contribution in [2.24, 2.45) is 5.10 Å². The highest BCUT2D eigenvalue weighted by Crippen LogP contribution is 2.38. The maximum Gasteiger partial charge on any atom is 0.274 e. The summed E-state index contributed by atoms with van der Waals surface area (Å²) in [6.07, 6.45) is 0.409. The van der Waals surface area contributed by atoms with Gasteiger partial charge in [0.15, 0.2) is 0 Å². The SMILES string of the molecule is Cc1ccc(C(=O)N2N=C(c3ccccc3)CC2c2ccccc2[N+](=O)[O-])cc1. The quantitative estimate of drug-likeness (QED) is 0.474. The molecule has 0 saturated carbocycles. The van der Waals surface area contributed by atoms with Crippen molar-refractivity contribution in [3.63, 3.8) is 0 Å². The third-order valence-electron chi connectivity index (χ3n) is 5.02. The molecule has 1 heterocycles. The number of aryl methyl sites for hydroxylation is 1. The Morgan fingerprint density at radius 2 is 1.66 bits per heavy atom. The normalized spacial score (nSPS) is 15.8. The van der Waals surface area contributed by atoms with E-state index in [1.807, 2.05) is 49.4 Å². The van der Waals surface area contributed by atoms with E-state index in [1.54, 1.807) is 30.3 Å². The van der Waals surface area contributed by atoms with Gasteiger partial charge in [-0.15, -0.1) is 0 Å². The van der Waals surface area contributed by atoms with Crippen molar-refractivity contribution >= 4 is 17.3 Å². The first-order chi connectivity index (χ1) is 14.0. The van der Waals surface area contributed by atoms with Crippen LogP contribution < -0.4 is 0 Å². The first kappa shape index (κ1) is 18.6. The topological polar surface area (TPSA) is 75.8 Å². The van der Waals surface area contributed by atoms with Gasteiger partial charge in [-0.1, -0.05) is 60.2 Å². The molecular weight excluding hydrogens is 366 g/mol. The molecule has 0 N–H and O–H groups in total. The fourth-order valence-corrected chi connectivity index (χ4v) is 3.51. The number of carbonyl (C=O) groups excluding carboxylic acids is 1. The molecule has 0 spiro atoms. The lowest BCUT2D eigenvalue weighted by molar-refractivity contribution is -0.385. The standard InChI is InChI=1S/C23H19N3O3/c1-16-11-13-18(14-12-16)23(27)25-22(19-9-5-6-10-21(19)26(28)29)15-20(24-25)17-7-3-2-4-8-17/h2-14,22H,15H2,1H3. The Hall–Kier alpha value is -3.80. The van der Waals surface area contributed by atoms with Gasteiger partial charge in [-0.3, -0.25) is 14.9 Å². The number of carbonyl (C=O) groups is 1. The fourth-order valence-electron chi connectivity index (χ4n) is 3.51. The zero-order valence-electron chi connectivity index (χ0n) is 15.9. The molecule has 0 radical (unpaired) electrons. The predicted molar refractivity (Wildman–Crippen MR) is 111 cm³/mol. The van der Waals surface area contributed by atoms with E-state index in [2.05, 4.69) is 5.10 Å². The van der Waals surface area contributed by atoms with Crippen LogP contribution in [0.5, 0.6) is 0 Å². The monoisotopic (exact) mass is 385 g/mol. The number of amides is 1. The Balaban J connectivity index is 1.78. The van der Waals surface area contributed by atoms with Crippen molar-refractivity contribution in [3.8, 4) is 0 Å². The number of hydrazone groups is 1. The summed E-state index contributed by atoms with van der Waals surface area (Å²) in [4.78, 5) is 24.4. The Morgan fingerprint density at radius 1 is 1.00 bits per heavy atom. The van der Waals surface area contributed by atoms with Crippen LogP contribution in [0, 0.1) is 17.0 Å². The Labute approximate surface area is 168 Å². The second kappa shape index (κ2) is 7.67. The molecule has 1 amide bonds. The summed E-state index contributed by atoms with van der Waals surface area (Å²) in [5.74, 6) is -0.279. The predicted octanol–water partition coefficient (Wildman–Crippen LogP) is 4.89. The van der Waals surface area contributed by atoms with E-state index in [0.717, 1.165) is 16.8 Å². The van der Waals surface area contributed by atoms with Crippen molar-refractivity contribution in [2.45, 2.75) is 19.4 Å². The second-order valence-corrected chi connectivity index (χ2v) is 6.96. The van der Waals surface area contributed by atoms with Crippen LogP contribution in [0.3, 0.4) is 0 Å². The highest BCUT2D eigenvalue weighted by atomic mass is 16.6. The van der Waals surface area contributed by atoms with Crippen molar-refractivity contribution in [3.05, 3.63) is 111 Å². The lowest BCUT2D eigenvalue weighted by Crippen LogP contribution is -2.27. The number of nitrogens with zero attached hydrogens (tertiary/aromatic N) is 3. The van der Waals surface area contributed by atoms with Crippen LogP contribution in [0.4, 0.5) is 5.69 Å². The summed E-state index contributed by atoms with van der Waals surface area (Å²) in [5.41, 5.74) is 3.64. The summed E-state index contributed by atoms with van der Waals surface area (Å²) in [7, 11) is 0. The summed E-state index contributed by atoms with van der Waals surface area (Å²) in [6, 6.07) is 22.8. The highest BCUT2D eigenvalue weighted by molar-refractivity contribution is 6.05. The van der Waals surface area contributed by atoms with Crippen molar-refractivity contribution in [2.75, 3.05) is 0 Å². The largest absolute Gasteiger partial charge is 0.274 e. The average molecular weight is 385 g/mol. The van der Waals surface area contributed by atoms with Gasteiger partial charge in [0.25, 0.3) is 11.6 Å². The smallest absolute Gasteiger partial charge is 0.267 e. The van der Waals surface area contributed by atoms with E-state index in [-0.39, 0.29) is 11.6 Å². The molecule has 6 heteroatoms. The van der Waals surface area contributed by atoms with Crippen LogP contribution >= 0.6 is 0 Å². The molecule has 3 aromatic carbocycles. The van der Waals surface area contributed by atoms with Crippen LogP contribution in [0.15, 0.2) is 84.0 Å². The highest BCUT2D eigenvalue weighted by Gasteiger charge is 2.37. The first-order valence-corrected chi connectivity index (χ1v) is 9.31. The minimum absolute atomic E-state index is 0.0104. The molecule has 4 rings (SSSR count). The molecule has 1 aliphatic heterocycles. The number of hydrogen-bond donors (Lipinski definition) is 0. The van der Waals surface area contributed by atoms with E-state index in [4.69, 9.17) is 0 Å². The lowest BCUT2D eigenvalue weighted by Gasteiger charge is -2.22. The molecule has 0 aromatic heterocycles. The molecule has 0 bridgehead atoms. The van der Waals surface area contributed by atoms with Gasteiger partial charge in [0, 0.05) is 18.1 Å². The van der Waals surface area contributed by atoms with E-state index in [1.165, 1.54) is 11.1 Å². The van der Waals surface area contributed by atoms with Crippen LogP contribution in [0.2, 0.25) is 0 Å². The van der Waals surface area contributed by atoms with Crippen molar-refractivity contribution in [1.29, 1.82) is 0 Å². The summed E-state index contributed by atoms with van der Waals surface area (Å²) in [5, 5.41) is 17.6. The molecule has 3 aromatic rings. The zero-order valence-corrected chi connectivity index (χ0v) is 15.9. The number of benzene rings is 3. The van der Waals surface area contributed by atoms with Crippen molar-refractivity contribution < 1.29 is 9.72 Å². The van der Waals surface area contributed by atoms with Gasteiger partial charge in [0.05, 0.1) is 22.2 Å². The van der Waals surface area contributed by atoms with Crippen LogP contribution in [-0.4, -0.2) is 21.6 Å². The van der Waals surface area contributed by atoms with Gasteiger partial charge in [-0.05, 0) is 30.7 Å². The molecule has 144 valence electrons. The maximum atomic E-state index is 13.2. The van der Waals surface area contributed by atoms with Crippen molar-refractivity contribution in [1.82, 2.24) is 5.01 Å². The van der Waals surface area contributed by atoms with E-state index >= 15 is 0 Å². The first-order valence-electron chi connectivity index (χ1n) is 9.31. The van der Waals surface area contributed by atoms with Gasteiger partial charge in [0.2, 0.25) is 0 Å². The third-order valence-corrected chi connectivity index (χ3v) is 5.02. The summed E-state index contributed by atoms with van der Waals surface area (Å²) >= 11 is 0. The molecule has 1 atom stereocenters. The molecule has 1 unspecified atom stereocenters. The number of nitro groups is 1. The van der Waals surface area contributed by atoms with Crippen LogP contribution in [0.25, 0.3) is 0 Å². The number of nitro benzene ring substituents is 1. The Kier molecular flexibility index (Phi) is 4.91. The molecule has 0 fully saturated rings.